The second-order valence-corrected chi connectivity index (χ2v) is 7.85. The van der Waals surface area contributed by atoms with Crippen molar-refractivity contribution in [2.75, 3.05) is 19.9 Å². The molecule has 0 aliphatic heterocycles. The first-order valence-electron chi connectivity index (χ1n) is 7.86. The van der Waals surface area contributed by atoms with Gasteiger partial charge in [0.05, 0.1) is 7.11 Å². The zero-order chi connectivity index (χ0) is 17.8. The molecule has 2 aromatic heterocycles. The van der Waals surface area contributed by atoms with Crippen LogP contribution in [0.1, 0.15) is 20.8 Å². The van der Waals surface area contributed by atoms with E-state index >= 15 is 0 Å². The molecule has 0 aliphatic carbocycles. The molecule has 3 aromatic rings. The number of carbonyl (C=O) groups excluding carboxylic acids is 1. The van der Waals surface area contributed by atoms with Crippen LogP contribution < -0.4 is 5.73 Å². The van der Waals surface area contributed by atoms with Crippen LogP contribution in [0.5, 0.6) is 0 Å². The second-order valence-electron chi connectivity index (χ2n) is 5.77. The van der Waals surface area contributed by atoms with Crippen molar-refractivity contribution in [1.29, 1.82) is 0 Å². The number of rotatable bonds is 6. The first kappa shape index (κ1) is 17.7. The van der Waals surface area contributed by atoms with Crippen molar-refractivity contribution in [2.45, 2.75) is 13.1 Å². The molecule has 130 valence electrons. The van der Waals surface area contributed by atoms with Crippen LogP contribution in [0, 0.1) is 0 Å². The summed E-state index contributed by atoms with van der Waals surface area (Å²) in [6.45, 7) is 1.55. The highest BCUT2D eigenvalue weighted by atomic mass is 32.1. The maximum Gasteiger partial charge on any atom is 0.341 e. The lowest BCUT2D eigenvalue weighted by molar-refractivity contribution is 0.0603. The van der Waals surface area contributed by atoms with Crippen molar-refractivity contribution in [1.82, 2.24) is 4.90 Å². The van der Waals surface area contributed by atoms with Gasteiger partial charge in [0, 0.05) is 28.4 Å². The Labute approximate surface area is 155 Å². The Bertz CT molecular complexity index is 842. The van der Waals surface area contributed by atoms with Crippen LogP contribution in [0.3, 0.4) is 0 Å². The molecule has 2 N–H and O–H groups in total. The first-order chi connectivity index (χ1) is 12.1. The van der Waals surface area contributed by atoms with Crippen molar-refractivity contribution in [2.24, 2.45) is 0 Å². The van der Waals surface area contributed by atoms with Crippen molar-refractivity contribution >= 4 is 33.6 Å². The highest BCUT2D eigenvalue weighted by Gasteiger charge is 2.25. The summed E-state index contributed by atoms with van der Waals surface area (Å²) >= 11 is 3.07. The Morgan fingerprint density at radius 1 is 1.16 bits per heavy atom. The monoisotopic (exact) mass is 372 g/mol. The van der Waals surface area contributed by atoms with Crippen molar-refractivity contribution in [3.8, 4) is 10.4 Å². The van der Waals surface area contributed by atoms with Gasteiger partial charge in [-0.1, -0.05) is 36.4 Å². The Hall–Kier alpha value is -2.15. The number of anilines is 1. The summed E-state index contributed by atoms with van der Waals surface area (Å²) in [7, 11) is 3.46. The molecule has 0 radical (unpaired) electrons. The average molecular weight is 373 g/mol. The molecule has 0 atom stereocenters. The summed E-state index contributed by atoms with van der Waals surface area (Å²) < 4.78 is 4.95. The van der Waals surface area contributed by atoms with Crippen LogP contribution in [0.2, 0.25) is 0 Å². The number of nitrogen functional groups attached to an aromatic ring is 1. The lowest BCUT2D eigenvalue weighted by Gasteiger charge is -2.17. The Morgan fingerprint density at radius 2 is 1.92 bits per heavy atom. The number of hydrogen-bond acceptors (Lipinski definition) is 6. The topological polar surface area (TPSA) is 55.6 Å². The van der Waals surface area contributed by atoms with E-state index in [0.29, 0.717) is 17.1 Å². The summed E-state index contributed by atoms with van der Waals surface area (Å²) in [6, 6.07) is 14.3. The predicted octanol–water partition coefficient (Wildman–Crippen LogP) is 4.48. The van der Waals surface area contributed by atoms with Gasteiger partial charge in [-0.05, 0) is 24.1 Å². The van der Waals surface area contributed by atoms with Crippen LogP contribution in [-0.2, 0) is 17.8 Å². The summed E-state index contributed by atoms with van der Waals surface area (Å²) in [5.74, 6) is -0.380. The third kappa shape index (κ3) is 3.92. The predicted molar refractivity (Wildman–Crippen MR) is 105 cm³/mol. The summed E-state index contributed by atoms with van der Waals surface area (Å²) in [6.07, 6.45) is 0. The zero-order valence-electron chi connectivity index (χ0n) is 14.2. The van der Waals surface area contributed by atoms with Crippen molar-refractivity contribution in [3.63, 3.8) is 0 Å². The van der Waals surface area contributed by atoms with Gasteiger partial charge in [0.1, 0.15) is 10.6 Å². The fourth-order valence-corrected chi connectivity index (χ4v) is 4.81. The number of hydrogen-bond donors (Lipinski definition) is 1. The van der Waals surface area contributed by atoms with Crippen molar-refractivity contribution in [3.05, 3.63) is 63.8 Å². The normalized spacial score (nSPS) is 11.0. The Morgan fingerprint density at radius 3 is 2.56 bits per heavy atom. The van der Waals surface area contributed by atoms with Crippen LogP contribution in [0.15, 0.2) is 47.8 Å². The molecule has 0 saturated heterocycles. The van der Waals surface area contributed by atoms with Crippen LogP contribution in [0.25, 0.3) is 10.4 Å². The van der Waals surface area contributed by atoms with Gasteiger partial charge in [-0.15, -0.1) is 22.7 Å². The average Bonchev–Trinajstić information content (AvgIpc) is 3.22. The quantitative estimate of drug-likeness (QED) is 0.648. The van der Waals surface area contributed by atoms with Gasteiger partial charge in [0.25, 0.3) is 0 Å². The molecule has 0 unspecified atom stereocenters. The molecule has 1 aromatic carbocycles. The molecule has 0 spiro atoms. The maximum atomic E-state index is 12.2. The molecule has 0 bridgehead atoms. The number of esters is 1. The van der Waals surface area contributed by atoms with E-state index in [4.69, 9.17) is 10.5 Å². The fraction of sp³-hybridized carbons (Fsp3) is 0.211. The van der Waals surface area contributed by atoms with E-state index in [0.717, 1.165) is 21.9 Å². The number of nitrogens with two attached hydrogens (primary N) is 1. The molecule has 25 heavy (non-hydrogen) atoms. The zero-order valence-corrected chi connectivity index (χ0v) is 15.8. The molecule has 3 rings (SSSR count). The van der Waals surface area contributed by atoms with Gasteiger partial charge in [0.15, 0.2) is 0 Å². The van der Waals surface area contributed by atoms with E-state index in [1.54, 1.807) is 11.3 Å². The Balaban J connectivity index is 1.92. The number of thiophene rings is 2. The minimum atomic E-state index is -0.380. The van der Waals surface area contributed by atoms with Gasteiger partial charge in [-0.2, -0.15) is 0 Å². The van der Waals surface area contributed by atoms with Crippen LogP contribution in [0.4, 0.5) is 5.00 Å². The number of benzene rings is 1. The van der Waals surface area contributed by atoms with Gasteiger partial charge >= 0.3 is 5.97 Å². The molecular formula is C19H20N2O2S2. The molecule has 2 heterocycles. The summed E-state index contributed by atoms with van der Waals surface area (Å²) in [5.41, 5.74) is 8.80. The maximum absolute atomic E-state index is 12.2. The molecular weight excluding hydrogens is 352 g/mol. The lowest BCUT2D eigenvalue weighted by atomic mass is 10.1. The summed E-state index contributed by atoms with van der Waals surface area (Å²) in [4.78, 5) is 16.6. The minimum Gasteiger partial charge on any atom is -0.465 e. The summed E-state index contributed by atoms with van der Waals surface area (Å²) in [5, 5.41) is 2.51. The molecule has 0 aliphatic rings. The highest BCUT2D eigenvalue weighted by molar-refractivity contribution is 7.18. The minimum absolute atomic E-state index is 0.380. The number of nitrogens with zero attached hydrogens (tertiary/aromatic N) is 1. The van der Waals surface area contributed by atoms with Crippen molar-refractivity contribution < 1.29 is 9.53 Å². The third-order valence-electron chi connectivity index (χ3n) is 3.87. The largest absolute Gasteiger partial charge is 0.465 e. The second kappa shape index (κ2) is 7.82. The van der Waals surface area contributed by atoms with E-state index in [1.165, 1.54) is 24.0 Å². The van der Waals surface area contributed by atoms with E-state index in [2.05, 4.69) is 24.1 Å². The van der Waals surface area contributed by atoms with E-state index in [9.17, 15) is 4.79 Å². The molecule has 0 saturated carbocycles. The van der Waals surface area contributed by atoms with Gasteiger partial charge < -0.3 is 10.5 Å². The van der Waals surface area contributed by atoms with Crippen LogP contribution >= 0.6 is 22.7 Å². The lowest BCUT2D eigenvalue weighted by Crippen LogP contribution is -2.17. The van der Waals surface area contributed by atoms with Gasteiger partial charge in [0.2, 0.25) is 0 Å². The fourth-order valence-electron chi connectivity index (χ4n) is 2.79. The highest BCUT2D eigenvalue weighted by Crippen LogP contribution is 2.41. The van der Waals surface area contributed by atoms with Gasteiger partial charge in [-0.3, -0.25) is 4.90 Å². The van der Waals surface area contributed by atoms with Crippen LogP contribution in [-0.4, -0.2) is 25.0 Å². The number of methoxy groups -OCH3 is 1. The first-order valence-corrected chi connectivity index (χ1v) is 9.55. The number of carbonyl (C=O) groups is 1. The molecule has 0 fully saturated rings. The molecule has 0 amide bonds. The van der Waals surface area contributed by atoms with E-state index in [1.807, 2.05) is 35.7 Å². The van der Waals surface area contributed by atoms with E-state index in [-0.39, 0.29) is 5.97 Å². The number of ether oxygens (including phenoxy) is 1. The standard InChI is InChI=1S/C19H20N2O2S2/c1-21(11-13-7-4-3-5-8-13)12-15-16(14-9-6-10-24-14)17(18(20)25-15)19(22)23-2/h3-10H,11-12,20H2,1-2H3. The van der Waals surface area contributed by atoms with E-state index < -0.39 is 0 Å². The SMILES string of the molecule is COC(=O)c1c(N)sc(CN(C)Cc2ccccc2)c1-c1cccs1. The molecule has 4 nitrogen and oxygen atoms in total. The molecule has 6 heteroatoms. The smallest absolute Gasteiger partial charge is 0.341 e. The third-order valence-corrected chi connectivity index (χ3v) is 5.77. The Kier molecular flexibility index (Phi) is 5.53. The van der Waals surface area contributed by atoms with Gasteiger partial charge in [-0.25, -0.2) is 4.79 Å².